The first-order valence-electron chi connectivity index (χ1n) is 8.54. The molecule has 1 unspecified atom stereocenters. The van der Waals surface area contributed by atoms with Crippen LogP contribution in [-0.2, 0) is 4.79 Å². The molecule has 2 heterocycles. The Balaban J connectivity index is 0.00000261. The molecule has 2 N–H and O–H groups in total. The van der Waals surface area contributed by atoms with Gasteiger partial charge in [0, 0.05) is 16.9 Å². The zero-order chi connectivity index (χ0) is 18.5. The first-order valence-corrected chi connectivity index (χ1v) is 9.36. The highest BCUT2D eigenvalue weighted by Gasteiger charge is 2.17. The summed E-state index contributed by atoms with van der Waals surface area (Å²) in [6, 6.07) is 6.32. The Labute approximate surface area is 166 Å². The lowest BCUT2D eigenvalue weighted by molar-refractivity contribution is -0.116. The van der Waals surface area contributed by atoms with Crippen molar-refractivity contribution in [1.29, 1.82) is 0 Å². The number of carbonyl (C=O) groups excluding carboxylic acids is 1. The maximum Gasteiger partial charge on any atom is 0.387 e. The van der Waals surface area contributed by atoms with Crippen molar-refractivity contribution in [2.75, 3.05) is 18.4 Å². The Morgan fingerprint density at radius 2 is 2.15 bits per heavy atom. The molecule has 1 aromatic carbocycles. The second kappa shape index (κ2) is 9.96. The molecule has 0 saturated carbocycles. The van der Waals surface area contributed by atoms with Crippen molar-refractivity contribution in [3.8, 4) is 17.0 Å². The molecule has 5 nitrogen and oxygen atoms in total. The number of ether oxygens (including phenoxy) is 1. The van der Waals surface area contributed by atoms with Crippen molar-refractivity contribution in [2.24, 2.45) is 5.92 Å². The highest BCUT2D eigenvalue weighted by atomic mass is 35.5. The van der Waals surface area contributed by atoms with Gasteiger partial charge in [-0.3, -0.25) is 4.79 Å². The number of alkyl halides is 2. The summed E-state index contributed by atoms with van der Waals surface area (Å²) in [4.78, 5) is 17.5. The summed E-state index contributed by atoms with van der Waals surface area (Å²) in [6.45, 7) is 1.08. The van der Waals surface area contributed by atoms with Crippen LogP contribution in [0.15, 0.2) is 24.3 Å². The van der Waals surface area contributed by atoms with Gasteiger partial charge in [0.05, 0.1) is 5.69 Å². The average molecular weight is 418 g/mol. The molecular formula is C18H22ClF2N3O2S. The molecule has 9 heteroatoms. The van der Waals surface area contributed by atoms with Gasteiger partial charge in [-0.05, 0) is 63.0 Å². The smallest absolute Gasteiger partial charge is 0.387 e. The molecule has 3 rings (SSSR count). The van der Waals surface area contributed by atoms with E-state index in [9.17, 15) is 13.6 Å². The zero-order valence-electron chi connectivity index (χ0n) is 14.8. The number of hydrogen-bond donors (Lipinski definition) is 2. The summed E-state index contributed by atoms with van der Waals surface area (Å²) in [6.07, 6.45) is 2.49. The van der Waals surface area contributed by atoms with E-state index < -0.39 is 6.61 Å². The molecular weight excluding hydrogens is 396 g/mol. The second-order valence-corrected chi connectivity index (χ2v) is 7.48. The van der Waals surface area contributed by atoms with Crippen molar-refractivity contribution in [3.05, 3.63) is 29.1 Å². The monoisotopic (exact) mass is 417 g/mol. The van der Waals surface area contributed by atoms with Crippen molar-refractivity contribution >= 4 is 34.8 Å². The van der Waals surface area contributed by atoms with Crippen LogP contribution in [0.25, 0.3) is 11.3 Å². The average Bonchev–Trinajstić information content (AvgIpc) is 3.23. The van der Waals surface area contributed by atoms with Gasteiger partial charge in [0.15, 0.2) is 5.13 Å². The maximum absolute atomic E-state index is 12.2. The molecule has 0 aliphatic carbocycles. The molecule has 1 amide bonds. The fourth-order valence-corrected chi connectivity index (χ4v) is 3.84. The molecule has 1 saturated heterocycles. The van der Waals surface area contributed by atoms with Crippen LogP contribution in [0.3, 0.4) is 0 Å². The van der Waals surface area contributed by atoms with Gasteiger partial charge in [0.2, 0.25) is 5.91 Å². The molecule has 1 aliphatic heterocycles. The highest BCUT2D eigenvalue weighted by Crippen LogP contribution is 2.31. The van der Waals surface area contributed by atoms with Crippen LogP contribution in [-0.4, -0.2) is 30.6 Å². The van der Waals surface area contributed by atoms with Gasteiger partial charge in [0.1, 0.15) is 5.75 Å². The van der Waals surface area contributed by atoms with E-state index in [4.69, 9.17) is 0 Å². The number of nitrogens with zero attached hydrogens (tertiary/aromatic N) is 1. The van der Waals surface area contributed by atoms with Crippen LogP contribution in [0.5, 0.6) is 5.75 Å². The Bertz CT molecular complexity index is 750. The molecule has 0 radical (unpaired) electrons. The summed E-state index contributed by atoms with van der Waals surface area (Å²) in [5.41, 5.74) is 1.52. The van der Waals surface area contributed by atoms with Crippen molar-refractivity contribution in [3.63, 3.8) is 0 Å². The molecule has 1 fully saturated rings. The minimum atomic E-state index is -2.84. The number of halogens is 3. The number of hydrogen-bond acceptors (Lipinski definition) is 5. The number of carbonyl (C=O) groups is 1. The largest absolute Gasteiger partial charge is 0.435 e. The van der Waals surface area contributed by atoms with Crippen molar-refractivity contribution < 1.29 is 18.3 Å². The molecule has 1 aliphatic rings. The maximum atomic E-state index is 12.2. The van der Waals surface area contributed by atoms with E-state index in [1.54, 1.807) is 12.1 Å². The van der Waals surface area contributed by atoms with Crippen molar-refractivity contribution in [2.45, 2.75) is 32.8 Å². The van der Waals surface area contributed by atoms with Gasteiger partial charge in [-0.15, -0.1) is 23.7 Å². The van der Waals surface area contributed by atoms with E-state index in [1.807, 2.05) is 6.92 Å². The normalized spacial score (nSPS) is 16.2. The first kappa shape index (κ1) is 21.5. The standard InChI is InChI=1S/C18H21F2N3O2S.ClH/c1-11-16(13-3-5-14(6-4-13)25-17(19)20)23-18(26-11)22-15(24)7-2-12-8-9-21-10-12;/h3-6,12,17,21H,2,7-10H2,1H3,(H,22,23,24);1H. The summed E-state index contributed by atoms with van der Waals surface area (Å²) < 4.78 is 28.8. The molecule has 1 atom stereocenters. The minimum Gasteiger partial charge on any atom is -0.435 e. The Morgan fingerprint density at radius 3 is 2.78 bits per heavy atom. The van der Waals surface area contributed by atoms with Gasteiger partial charge >= 0.3 is 6.61 Å². The number of anilines is 1. The van der Waals surface area contributed by atoms with Gasteiger partial charge < -0.3 is 15.4 Å². The predicted molar refractivity (Wildman–Crippen MR) is 105 cm³/mol. The zero-order valence-corrected chi connectivity index (χ0v) is 16.5. The minimum absolute atomic E-state index is 0. The lowest BCUT2D eigenvalue weighted by Crippen LogP contribution is -2.14. The third kappa shape index (κ3) is 6.12. The van der Waals surface area contributed by atoms with Crippen LogP contribution in [0.1, 0.15) is 24.1 Å². The lowest BCUT2D eigenvalue weighted by atomic mass is 10.0. The first-order chi connectivity index (χ1) is 12.5. The number of aryl methyl sites for hydroxylation is 1. The van der Waals surface area contributed by atoms with Crippen LogP contribution in [0, 0.1) is 12.8 Å². The van der Waals surface area contributed by atoms with E-state index in [2.05, 4.69) is 20.4 Å². The molecule has 27 heavy (non-hydrogen) atoms. The van der Waals surface area contributed by atoms with Crippen LogP contribution in [0.2, 0.25) is 0 Å². The lowest BCUT2D eigenvalue weighted by Gasteiger charge is -2.07. The molecule has 0 spiro atoms. The van der Waals surface area contributed by atoms with Gasteiger partial charge in [-0.1, -0.05) is 0 Å². The van der Waals surface area contributed by atoms with Crippen LogP contribution in [0.4, 0.5) is 13.9 Å². The van der Waals surface area contributed by atoms with Gasteiger partial charge in [-0.2, -0.15) is 8.78 Å². The SMILES string of the molecule is Cc1sc(NC(=O)CCC2CCNC2)nc1-c1ccc(OC(F)F)cc1.Cl. The Morgan fingerprint density at radius 1 is 1.41 bits per heavy atom. The van der Waals surface area contributed by atoms with E-state index >= 15 is 0 Å². The molecule has 2 aromatic rings. The third-order valence-corrected chi connectivity index (χ3v) is 5.22. The quantitative estimate of drug-likeness (QED) is 0.697. The van der Waals surface area contributed by atoms with E-state index in [-0.39, 0.29) is 24.1 Å². The molecule has 148 valence electrons. The Hall–Kier alpha value is -1.77. The third-order valence-electron chi connectivity index (χ3n) is 4.34. The van der Waals surface area contributed by atoms with Crippen LogP contribution >= 0.6 is 23.7 Å². The summed E-state index contributed by atoms with van der Waals surface area (Å²) in [5.74, 6) is 0.646. The molecule has 1 aromatic heterocycles. The van der Waals surface area contributed by atoms with E-state index in [0.29, 0.717) is 17.5 Å². The van der Waals surface area contributed by atoms with Crippen LogP contribution < -0.4 is 15.4 Å². The fraction of sp³-hybridized carbons (Fsp3) is 0.444. The van der Waals surface area contributed by atoms with E-state index in [0.717, 1.165) is 42.1 Å². The van der Waals surface area contributed by atoms with E-state index in [1.165, 1.54) is 23.5 Å². The number of aromatic nitrogens is 1. The number of benzene rings is 1. The highest BCUT2D eigenvalue weighted by molar-refractivity contribution is 7.16. The number of amides is 1. The summed E-state index contributed by atoms with van der Waals surface area (Å²) in [7, 11) is 0. The second-order valence-electron chi connectivity index (χ2n) is 6.27. The van der Waals surface area contributed by atoms with Gasteiger partial charge in [-0.25, -0.2) is 4.98 Å². The summed E-state index contributed by atoms with van der Waals surface area (Å²) >= 11 is 1.40. The fourth-order valence-electron chi connectivity index (χ4n) is 2.99. The number of thiazole rings is 1. The van der Waals surface area contributed by atoms with Gasteiger partial charge in [0.25, 0.3) is 0 Å². The molecule has 0 bridgehead atoms. The summed E-state index contributed by atoms with van der Waals surface area (Å²) in [5, 5.41) is 6.71. The Kier molecular flexibility index (Phi) is 7.94. The number of rotatable bonds is 7. The topological polar surface area (TPSA) is 63.2 Å². The predicted octanol–water partition coefficient (Wildman–Crippen LogP) is 4.47. The van der Waals surface area contributed by atoms with Crippen molar-refractivity contribution in [1.82, 2.24) is 10.3 Å². The number of nitrogens with one attached hydrogen (secondary N) is 2.